The zero-order valence-electron chi connectivity index (χ0n) is 18.7. The van der Waals surface area contributed by atoms with E-state index in [9.17, 15) is 24.9 Å². The van der Waals surface area contributed by atoms with Crippen LogP contribution >= 0.6 is 0 Å². The molecule has 1 aliphatic rings. The molecule has 0 unspecified atom stereocenters. The molecule has 0 radical (unpaired) electrons. The van der Waals surface area contributed by atoms with Crippen molar-refractivity contribution >= 4 is 16.9 Å². The average molecular weight is 476 g/mol. The number of hydrogen-bond donors (Lipinski definition) is 3. The van der Waals surface area contributed by atoms with Crippen molar-refractivity contribution in [2.45, 2.75) is 12.3 Å². The SMILES string of the molecule is COc1ccc(-c2cc(=O)c3c(O)cc4c(c3o2)[C@H](c2ccc(O)c(OC)c2)CC(=O)O4)cc1O. The van der Waals surface area contributed by atoms with Crippen LogP contribution in [0.15, 0.2) is 57.7 Å². The number of rotatable bonds is 4. The molecule has 5 rings (SSSR count). The van der Waals surface area contributed by atoms with Crippen LogP contribution < -0.4 is 19.6 Å². The first-order valence-electron chi connectivity index (χ1n) is 10.6. The van der Waals surface area contributed by atoms with Gasteiger partial charge in [0.1, 0.15) is 28.2 Å². The summed E-state index contributed by atoms with van der Waals surface area (Å²) in [6, 6.07) is 11.6. The lowest BCUT2D eigenvalue weighted by molar-refractivity contribution is -0.135. The second-order valence-electron chi connectivity index (χ2n) is 8.04. The maximum absolute atomic E-state index is 13.1. The molecule has 0 saturated carbocycles. The quantitative estimate of drug-likeness (QED) is 0.295. The molecule has 35 heavy (non-hydrogen) atoms. The van der Waals surface area contributed by atoms with Gasteiger partial charge < -0.3 is 33.9 Å². The predicted molar refractivity (Wildman–Crippen MR) is 125 cm³/mol. The minimum Gasteiger partial charge on any atom is -0.507 e. The van der Waals surface area contributed by atoms with Gasteiger partial charge in [-0.25, -0.2) is 0 Å². The highest BCUT2D eigenvalue weighted by atomic mass is 16.5. The Morgan fingerprint density at radius 2 is 1.63 bits per heavy atom. The molecule has 9 heteroatoms. The van der Waals surface area contributed by atoms with Gasteiger partial charge in [0, 0.05) is 29.2 Å². The lowest BCUT2D eigenvalue weighted by Gasteiger charge is -2.26. The summed E-state index contributed by atoms with van der Waals surface area (Å²) in [6.45, 7) is 0. The molecule has 178 valence electrons. The Labute approximate surface area is 198 Å². The van der Waals surface area contributed by atoms with E-state index in [0.717, 1.165) is 0 Å². The molecular formula is C26H20O9. The van der Waals surface area contributed by atoms with E-state index >= 15 is 0 Å². The molecule has 1 atom stereocenters. The van der Waals surface area contributed by atoms with E-state index < -0.39 is 23.1 Å². The summed E-state index contributed by atoms with van der Waals surface area (Å²) in [5, 5.41) is 30.7. The third-order valence-electron chi connectivity index (χ3n) is 5.99. The zero-order valence-corrected chi connectivity index (χ0v) is 18.7. The van der Waals surface area contributed by atoms with Crippen LogP contribution in [0.2, 0.25) is 0 Å². The van der Waals surface area contributed by atoms with E-state index in [4.69, 9.17) is 18.6 Å². The van der Waals surface area contributed by atoms with Crippen molar-refractivity contribution in [2.24, 2.45) is 0 Å². The highest BCUT2D eigenvalue weighted by molar-refractivity contribution is 5.93. The minimum absolute atomic E-state index is 0.0438. The largest absolute Gasteiger partial charge is 0.507 e. The number of phenolic OH excluding ortho intramolecular Hbond substituents is 3. The molecule has 0 fully saturated rings. The molecule has 4 aromatic rings. The summed E-state index contributed by atoms with van der Waals surface area (Å²) in [7, 11) is 2.82. The molecule has 0 aliphatic carbocycles. The standard InChI is InChI=1S/C26H20O9/c1-32-19-6-4-13(7-16(19)28)20-10-17(29)25-18(30)11-22-24(26(25)35-20)14(9-23(31)34-22)12-3-5-15(27)21(8-12)33-2/h3-8,10-11,14,27-28,30H,9H2,1-2H3/t14-/m0/s1. The van der Waals surface area contributed by atoms with Crippen molar-refractivity contribution in [3.8, 4) is 45.8 Å². The van der Waals surface area contributed by atoms with Crippen LogP contribution in [0.3, 0.4) is 0 Å². The first-order valence-corrected chi connectivity index (χ1v) is 10.6. The zero-order chi connectivity index (χ0) is 24.9. The van der Waals surface area contributed by atoms with Gasteiger partial charge in [-0.15, -0.1) is 0 Å². The van der Waals surface area contributed by atoms with Crippen LogP contribution in [-0.4, -0.2) is 35.5 Å². The van der Waals surface area contributed by atoms with E-state index in [1.807, 2.05) is 0 Å². The van der Waals surface area contributed by atoms with E-state index in [0.29, 0.717) is 16.7 Å². The fraction of sp³-hybridized carbons (Fsp3) is 0.154. The molecule has 0 amide bonds. The van der Waals surface area contributed by atoms with Crippen LogP contribution in [0.1, 0.15) is 23.5 Å². The topological polar surface area (TPSA) is 136 Å². The number of benzene rings is 3. The Kier molecular flexibility index (Phi) is 5.24. The van der Waals surface area contributed by atoms with E-state index in [1.165, 1.54) is 44.6 Å². The van der Waals surface area contributed by atoms with Gasteiger partial charge in [0.2, 0.25) is 0 Å². The molecule has 0 bridgehead atoms. The van der Waals surface area contributed by atoms with Gasteiger partial charge in [-0.1, -0.05) is 6.07 Å². The van der Waals surface area contributed by atoms with Gasteiger partial charge in [0.05, 0.1) is 20.6 Å². The lowest BCUT2D eigenvalue weighted by atomic mass is 9.85. The lowest BCUT2D eigenvalue weighted by Crippen LogP contribution is -2.22. The monoisotopic (exact) mass is 476 g/mol. The normalized spacial score (nSPS) is 14.9. The van der Waals surface area contributed by atoms with Gasteiger partial charge >= 0.3 is 5.97 Å². The van der Waals surface area contributed by atoms with Crippen LogP contribution in [0.25, 0.3) is 22.3 Å². The second kappa shape index (κ2) is 8.28. The number of carbonyl (C=O) groups excluding carboxylic acids is 1. The van der Waals surface area contributed by atoms with Crippen molar-refractivity contribution in [3.63, 3.8) is 0 Å². The van der Waals surface area contributed by atoms with E-state index in [-0.39, 0.29) is 51.9 Å². The maximum Gasteiger partial charge on any atom is 0.312 e. The number of hydrogen-bond acceptors (Lipinski definition) is 9. The molecule has 9 nitrogen and oxygen atoms in total. The average Bonchev–Trinajstić information content (AvgIpc) is 2.83. The number of fused-ring (bicyclic) bond motifs is 3. The smallest absolute Gasteiger partial charge is 0.312 e. The number of phenols is 3. The second-order valence-corrected chi connectivity index (χ2v) is 8.04. The van der Waals surface area contributed by atoms with Crippen LogP contribution in [0, 0.1) is 0 Å². The fourth-order valence-corrected chi connectivity index (χ4v) is 4.34. The van der Waals surface area contributed by atoms with Gasteiger partial charge in [-0.2, -0.15) is 0 Å². The Bertz CT molecular complexity index is 1550. The minimum atomic E-state index is -0.619. The molecule has 0 spiro atoms. The fourth-order valence-electron chi connectivity index (χ4n) is 4.34. The Morgan fingerprint density at radius 3 is 2.34 bits per heavy atom. The summed E-state index contributed by atoms with van der Waals surface area (Å²) in [5.74, 6) is -1.12. The molecular weight excluding hydrogens is 456 g/mol. The van der Waals surface area contributed by atoms with Crippen molar-refractivity contribution < 1.29 is 38.7 Å². The van der Waals surface area contributed by atoms with Crippen molar-refractivity contribution in [1.29, 1.82) is 0 Å². The number of carbonyl (C=O) groups is 1. The Hall–Kier alpha value is -4.66. The summed E-state index contributed by atoms with van der Waals surface area (Å²) in [4.78, 5) is 25.5. The van der Waals surface area contributed by atoms with Crippen LogP contribution in [0.5, 0.6) is 34.5 Å². The van der Waals surface area contributed by atoms with E-state index in [1.54, 1.807) is 18.2 Å². The van der Waals surface area contributed by atoms with Crippen molar-refractivity contribution in [1.82, 2.24) is 0 Å². The molecule has 2 heterocycles. The van der Waals surface area contributed by atoms with Crippen LogP contribution in [-0.2, 0) is 4.79 Å². The number of esters is 1. The molecule has 3 N–H and O–H groups in total. The third-order valence-corrected chi connectivity index (χ3v) is 5.99. The molecule has 1 aliphatic heterocycles. The maximum atomic E-state index is 13.1. The van der Waals surface area contributed by atoms with Gasteiger partial charge in [-0.3, -0.25) is 9.59 Å². The number of methoxy groups -OCH3 is 2. The van der Waals surface area contributed by atoms with Gasteiger partial charge in [-0.05, 0) is 35.9 Å². The predicted octanol–water partition coefficient (Wildman–Crippen LogP) is 4.04. The molecule has 1 aromatic heterocycles. The third kappa shape index (κ3) is 3.67. The number of ether oxygens (including phenoxy) is 3. The highest BCUT2D eigenvalue weighted by Gasteiger charge is 2.34. The summed E-state index contributed by atoms with van der Waals surface area (Å²) >= 11 is 0. The van der Waals surface area contributed by atoms with Gasteiger partial charge in [0.25, 0.3) is 0 Å². The number of aromatic hydroxyl groups is 3. The van der Waals surface area contributed by atoms with Crippen molar-refractivity contribution in [3.05, 3.63) is 69.9 Å². The van der Waals surface area contributed by atoms with Crippen LogP contribution in [0.4, 0.5) is 0 Å². The first-order chi connectivity index (χ1) is 16.8. The Morgan fingerprint density at radius 1 is 0.857 bits per heavy atom. The Balaban J connectivity index is 1.79. The van der Waals surface area contributed by atoms with Gasteiger partial charge in [0.15, 0.2) is 28.4 Å². The summed E-state index contributed by atoms with van der Waals surface area (Å²) in [6.07, 6.45) is -0.0714. The van der Waals surface area contributed by atoms with E-state index in [2.05, 4.69) is 0 Å². The summed E-state index contributed by atoms with van der Waals surface area (Å²) in [5.41, 5.74) is 0.926. The summed E-state index contributed by atoms with van der Waals surface area (Å²) < 4.78 is 21.8. The molecule has 3 aromatic carbocycles. The molecule has 0 saturated heterocycles. The highest BCUT2D eigenvalue weighted by Crippen LogP contribution is 2.47. The van der Waals surface area contributed by atoms with Crippen molar-refractivity contribution in [2.75, 3.05) is 14.2 Å². The first kappa shape index (κ1) is 22.1.